The SMILES string of the molecule is NC(CCCCNc1cccc2c1C(=O)c1ccccc1C2=O)C(=O)NCCCCC(NC(=O)C(N)CCCCNc1cccc2c1C(=O)c1ccccc1C2=O)C(=O)NCCCCC(NC(=O)C(CCCCNC(=O)C(N)CCCCNc1cccc2c1C(=O)c1ccccc1C2=O)NC(=O)C(N)CCCCNc1cccc2c1C(=O)c1ccccc1C2=O)C(=O)O. The Morgan fingerprint density at radius 2 is 0.438 bits per heavy atom. The molecule has 668 valence electrons. The van der Waals surface area contributed by atoms with Gasteiger partial charge >= 0.3 is 5.97 Å². The molecule has 8 aromatic carbocycles. The van der Waals surface area contributed by atoms with Crippen LogP contribution in [0.1, 0.15) is 262 Å². The minimum Gasteiger partial charge on any atom is -0.480 e. The number of aliphatic carboxylic acids is 1. The Kier molecular flexibility index (Phi) is 32.9. The minimum absolute atomic E-state index is 0.00245. The van der Waals surface area contributed by atoms with E-state index in [9.17, 15) is 77.0 Å². The molecule has 7 unspecified atom stereocenters. The van der Waals surface area contributed by atoms with Gasteiger partial charge in [-0.3, -0.25) is 67.1 Å². The summed E-state index contributed by atoms with van der Waals surface area (Å²) >= 11 is 0. The van der Waals surface area contributed by atoms with Gasteiger partial charge in [0.1, 0.15) is 18.1 Å². The fourth-order valence-corrected chi connectivity index (χ4v) is 16.6. The average Bonchev–Trinajstić information content (AvgIpc) is 0.770. The number of unbranched alkanes of at least 4 members (excludes halogenated alkanes) is 7. The Bertz CT molecular complexity index is 5550. The number of nitrogens with two attached hydrogens (primary N) is 4. The number of hydrogen-bond donors (Lipinski definition) is 15. The van der Waals surface area contributed by atoms with Crippen LogP contribution in [0.4, 0.5) is 22.7 Å². The fourth-order valence-electron chi connectivity index (χ4n) is 16.6. The Morgan fingerprint density at radius 1 is 0.227 bits per heavy atom. The van der Waals surface area contributed by atoms with E-state index in [0.29, 0.717) is 205 Å². The standard InChI is InChI=1S/C98H110N14O16/c99-69(39-9-16-50-103-73-46-23-35-65-80(73)88(117)61-31-5-1-27-57(61)84(65)113)92(121)107-54-20-13-43-77(110-94(123)71(101)41-11-18-52-105-75-48-25-37-67-82(75)90(119)63-33-7-3-29-59(63)86(67)115)96(125)109-56-22-15-45-79(98(127)128)112-97(126)78(111-95(124)72(102)42-12-19-53-106-76-49-26-38-68-83(76)91(120)64-34-8-4-30-60(64)87(68)116)44-14-21-55-108-93(122)70(100)40-10-17-51-104-74-47-24-36-66-81(74)89(118)62-32-6-2-28-58(62)85(66)114/h1-8,23-38,46-49,69-72,77-79,103-106H,9-22,39-45,50-56,99-102H2,(H,107,121)(H,108,122)(H,109,125)(H,110,123)(H,111,124)(H,112,126)(H,127,128). The van der Waals surface area contributed by atoms with Gasteiger partial charge in [0, 0.05) is 135 Å². The zero-order chi connectivity index (χ0) is 90.9. The quantitative estimate of drug-likeness (QED) is 0.0158. The van der Waals surface area contributed by atoms with Gasteiger partial charge in [-0.15, -0.1) is 0 Å². The summed E-state index contributed by atoms with van der Waals surface area (Å²) in [7, 11) is 0. The number of anilines is 4. The summed E-state index contributed by atoms with van der Waals surface area (Å²) in [6.45, 7) is 1.97. The number of carbonyl (C=O) groups is 15. The molecule has 128 heavy (non-hydrogen) atoms. The van der Waals surface area contributed by atoms with Crippen molar-refractivity contribution in [3.63, 3.8) is 0 Å². The van der Waals surface area contributed by atoms with Gasteiger partial charge in [-0.1, -0.05) is 146 Å². The molecule has 8 aromatic rings. The topological polar surface area (TPSA) is 501 Å². The predicted octanol–water partition coefficient (Wildman–Crippen LogP) is 8.93. The second kappa shape index (κ2) is 45.0. The molecule has 7 atom stereocenters. The van der Waals surface area contributed by atoms with Crippen LogP contribution in [0, 0.1) is 0 Å². The molecule has 19 N–H and O–H groups in total. The summed E-state index contributed by atoms with van der Waals surface area (Å²) in [5, 5.41) is 40.3. The second-order valence-corrected chi connectivity index (χ2v) is 32.7. The smallest absolute Gasteiger partial charge is 0.326 e. The highest BCUT2D eigenvalue weighted by molar-refractivity contribution is 6.33. The van der Waals surface area contributed by atoms with Crippen molar-refractivity contribution in [1.29, 1.82) is 0 Å². The minimum atomic E-state index is -1.46. The van der Waals surface area contributed by atoms with Crippen molar-refractivity contribution in [3.8, 4) is 0 Å². The molecule has 0 saturated carbocycles. The molecule has 0 spiro atoms. The third kappa shape index (κ3) is 23.0. The van der Waals surface area contributed by atoms with E-state index in [0.717, 1.165) is 0 Å². The van der Waals surface area contributed by atoms with Gasteiger partial charge in [-0.2, -0.15) is 0 Å². The number of ketones is 8. The van der Waals surface area contributed by atoms with Gasteiger partial charge in [0.05, 0.1) is 46.4 Å². The molecule has 30 heteroatoms. The largest absolute Gasteiger partial charge is 0.480 e. The first-order valence-electron chi connectivity index (χ1n) is 44.1. The number of benzene rings is 8. The number of fused-ring (bicyclic) bond motifs is 8. The van der Waals surface area contributed by atoms with Crippen LogP contribution in [-0.2, 0) is 33.6 Å². The van der Waals surface area contributed by atoms with Crippen LogP contribution in [0.3, 0.4) is 0 Å². The van der Waals surface area contributed by atoms with Gasteiger partial charge in [0.2, 0.25) is 35.4 Å². The molecule has 0 bridgehead atoms. The lowest BCUT2D eigenvalue weighted by Gasteiger charge is -2.23. The molecule has 0 radical (unpaired) electrons. The van der Waals surface area contributed by atoms with Gasteiger partial charge < -0.3 is 81.2 Å². The number of nitrogens with one attached hydrogen (secondary N) is 10. The van der Waals surface area contributed by atoms with E-state index < -0.39 is 77.8 Å². The summed E-state index contributed by atoms with van der Waals surface area (Å²) in [5.74, 6) is -6.80. The molecule has 30 nitrogen and oxygen atoms in total. The summed E-state index contributed by atoms with van der Waals surface area (Å²) in [5.41, 5.74) is 32.8. The van der Waals surface area contributed by atoms with Crippen LogP contribution in [0.5, 0.6) is 0 Å². The zero-order valence-corrected chi connectivity index (χ0v) is 71.4. The van der Waals surface area contributed by atoms with Gasteiger partial charge in [0.25, 0.3) is 0 Å². The maximum atomic E-state index is 14.3. The van der Waals surface area contributed by atoms with E-state index in [2.05, 4.69) is 53.2 Å². The molecule has 0 fully saturated rings. The number of carbonyl (C=O) groups excluding carboxylic acids is 14. The van der Waals surface area contributed by atoms with Crippen molar-refractivity contribution in [1.82, 2.24) is 31.9 Å². The Hall–Kier alpha value is -13.6. The number of amides is 6. The van der Waals surface area contributed by atoms with E-state index >= 15 is 0 Å². The van der Waals surface area contributed by atoms with E-state index in [-0.39, 0.29) is 140 Å². The molecule has 4 aliphatic carbocycles. The van der Waals surface area contributed by atoms with Crippen LogP contribution in [-0.4, -0.2) is 181 Å². The highest BCUT2D eigenvalue weighted by Gasteiger charge is 2.37. The maximum absolute atomic E-state index is 14.3. The lowest BCUT2D eigenvalue weighted by Crippen LogP contribution is -2.54. The predicted molar refractivity (Wildman–Crippen MR) is 484 cm³/mol. The Labute approximate surface area is 741 Å². The van der Waals surface area contributed by atoms with Crippen molar-refractivity contribution >= 4 is 110 Å². The fraction of sp³-hybridized carbons (Fsp3) is 0.357. The molecule has 4 aliphatic rings. The molecule has 0 saturated heterocycles. The van der Waals surface area contributed by atoms with Gasteiger partial charge in [-0.25, -0.2) is 4.79 Å². The van der Waals surface area contributed by atoms with Crippen LogP contribution in [0.2, 0.25) is 0 Å². The molecular weight excluding hydrogens is 1630 g/mol. The average molecular weight is 1740 g/mol. The van der Waals surface area contributed by atoms with Gasteiger partial charge in [-0.05, 0) is 159 Å². The van der Waals surface area contributed by atoms with Crippen LogP contribution in [0.15, 0.2) is 170 Å². The van der Waals surface area contributed by atoms with Crippen molar-refractivity contribution < 1.29 is 77.0 Å². The highest BCUT2D eigenvalue weighted by atomic mass is 16.4. The van der Waals surface area contributed by atoms with Crippen molar-refractivity contribution in [2.45, 2.75) is 177 Å². The highest BCUT2D eigenvalue weighted by Crippen LogP contribution is 2.37. The Balaban J connectivity index is 0.609. The lowest BCUT2D eigenvalue weighted by molar-refractivity contribution is -0.142. The number of carboxylic acid groups (broad SMARTS) is 1. The van der Waals surface area contributed by atoms with Crippen LogP contribution < -0.4 is 76.1 Å². The second-order valence-electron chi connectivity index (χ2n) is 32.7. The first-order valence-corrected chi connectivity index (χ1v) is 44.1. The molecule has 0 heterocycles. The molecule has 6 amide bonds. The first kappa shape index (κ1) is 93.6. The van der Waals surface area contributed by atoms with Crippen molar-refractivity contribution in [2.75, 3.05) is 67.1 Å². The van der Waals surface area contributed by atoms with E-state index in [1.165, 1.54) is 0 Å². The summed E-state index contributed by atoms with van der Waals surface area (Å²) in [6.07, 6.45) is 6.95. The van der Waals surface area contributed by atoms with Crippen LogP contribution >= 0.6 is 0 Å². The third-order valence-corrected chi connectivity index (χ3v) is 23.7. The molecule has 0 aliphatic heterocycles. The third-order valence-electron chi connectivity index (χ3n) is 23.7. The molecule has 12 rings (SSSR count). The van der Waals surface area contributed by atoms with E-state index in [1.807, 2.05) is 0 Å². The molecule has 0 aromatic heterocycles. The summed E-state index contributed by atoms with van der Waals surface area (Å²) < 4.78 is 0. The van der Waals surface area contributed by atoms with Crippen molar-refractivity contribution in [3.05, 3.63) is 259 Å². The number of hydrogen-bond acceptors (Lipinski definition) is 23. The van der Waals surface area contributed by atoms with Crippen LogP contribution in [0.25, 0.3) is 0 Å². The van der Waals surface area contributed by atoms with Crippen molar-refractivity contribution in [2.24, 2.45) is 22.9 Å². The lowest BCUT2D eigenvalue weighted by atomic mass is 9.83. The molecular formula is C98H110N14O16. The normalized spacial score (nSPS) is 14.3. The van der Waals surface area contributed by atoms with E-state index in [1.54, 1.807) is 170 Å². The summed E-state index contributed by atoms with van der Waals surface area (Å²) in [6, 6.07) is 39.3. The Morgan fingerprint density at radius 3 is 0.711 bits per heavy atom. The van der Waals surface area contributed by atoms with Gasteiger partial charge in [0.15, 0.2) is 46.3 Å². The van der Waals surface area contributed by atoms with E-state index in [4.69, 9.17) is 22.9 Å². The maximum Gasteiger partial charge on any atom is 0.326 e. The first-order chi connectivity index (χ1) is 61.9. The number of carboxylic acids is 1. The summed E-state index contributed by atoms with van der Waals surface area (Å²) in [4.78, 5) is 203. The monoisotopic (exact) mass is 1740 g/mol. The zero-order valence-electron chi connectivity index (χ0n) is 71.4. The number of rotatable bonds is 49.